The van der Waals surface area contributed by atoms with Crippen molar-refractivity contribution in [3.8, 4) is 0 Å². The highest BCUT2D eigenvalue weighted by Gasteiger charge is 2.42. The zero-order valence-corrected chi connectivity index (χ0v) is 5.42. The van der Waals surface area contributed by atoms with E-state index in [0.29, 0.717) is 0 Å². The zero-order valence-electron chi connectivity index (χ0n) is 5.42. The van der Waals surface area contributed by atoms with Gasteiger partial charge in [0.25, 0.3) is 5.97 Å². The maximum absolute atomic E-state index is 9.02. The summed E-state index contributed by atoms with van der Waals surface area (Å²) in [7, 11) is 0. The van der Waals surface area contributed by atoms with Gasteiger partial charge in [-0.05, 0) is 6.92 Å². The van der Waals surface area contributed by atoms with Gasteiger partial charge in [0.15, 0.2) is 5.79 Å². The van der Waals surface area contributed by atoms with Crippen molar-refractivity contribution >= 4 is 0 Å². The molecule has 0 aromatic carbocycles. The average molecular weight is 134 g/mol. The van der Waals surface area contributed by atoms with Crippen LogP contribution >= 0.6 is 0 Å². The standard InChI is InChI=1S/C5H10O4/c1-4(6)3-8-5(2,7)9-4/h6-7H,3H2,1-2H3. The van der Waals surface area contributed by atoms with Gasteiger partial charge in [-0.15, -0.1) is 0 Å². The van der Waals surface area contributed by atoms with Gasteiger partial charge in [-0.3, -0.25) is 4.74 Å². The highest BCUT2D eigenvalue weighted by Crippen LogP contribution is 2.25. The van der Waals surface area contributed by atoms with Crippen LogP contribution < -0.4 is 0 Å². The summed E-state index contributed by atoms with van der Waals surface area (Å²) in [6.45, 7) is 2.75. The molecule has 0 aliphatic carbocycles. The molecule has 4 heteroatoms. The van der Waals surface area contributed by atoms with Crippen molar-refractivity contribution in [2.45, 2.75) is 25.6 Å². The quantitative estimate of drug-likeness (QED) is 0.465. The second-order valence-corrected chi connectivity index (χ2v) is 2.46. The minimum absolute atomic E-state index is 0. The molecule has 0 spiro atoms. The summed E-state index contributed by atoms with van der Waals surface area (Å²) in [4.78, 5) is 0. The van der Waals surface area contributed by atoms with Crippen molar-refractivity contribution in [3.63, 3.8) is 0 Å². The number of hydrogen-bond acceptors (Lipinski definition) is 4. The van der Waals surface area contributed by atoms with E-state index in [1.807, 2.05) is 0 Å². The molecule has 2 atom stereocenters. The SMILES string of the molecule is CC1(O)COC(C)(O)O1. The van der Waals surface area contributed by atoms with Crippen molar-refractivity contribution in [2.24, 2.45) is 0 Å². The normalized spacial score (nSPS) is 52.0. The molecule has 0 aromatic heterocycles. The summed E-state index contributed by atoms with van der Waals surface area (Å²) in [6.07, 6.45) is 0. The highest BCUT2D eigenvalue weighted by molar-refractivity contribution is 4.67. The van der Waals surface area contributed by atoms with Crippen LogP contribution in [0.5, 0.6) is 0 Å². The first-order chi connectivity index (χ1) is 3.91. The van der Waals surface area contributed by atoms with E-state index in [0.717, 1.165) is 0 Å². The summed E-state index contributed by atoms with van der Waals surface area (Å²) < 4.78 is 9.26. The molecular formula is C5H10O4. The maximum Gasteiger partial charge on any atom is 0.280 e. The molecule has 1 aliphatic heterocycles. The molecule has 0 radical (unpaired) electrons. The predicted octanol–water partition coefficient (Wildman–Crippen LogP) is -0.592. The Hall–Kier alpha value is -0.160. The fraction of sp³-hybridized carbons (Fsp3) is 1.00. The highest BCUT2D eigenvalue weighted by atomic mass is 16.9. The Morgan fingerprint density at radius 3 is 2.00 bits per heavy atom. The van der Waals surface area contributed by atoms with Gasteiger partial charge >= 0.3 is 0 Å². The minimum Gasteiger partial charge on any atom is -0.364 e. The first-order valence-corrected chi connectivity index (χ1v) is 2.70. The lowest BCUT2D eigenvalue weighted by atomic mass is 10.4. The maximum atomic E-state index is 9.02. The number of ether oxygens (including phenoxy) is 2. The summed E-state index contributed by atoms with van der Waals surface area (Å²) in [6, 6.07) is 0. The van der Waals surface area contributed by atoms with Crippen LogP contribution in [-0.4, -0.2) is 28.6 Å². The van der Waals surface area contributed by atoms with Gasteiger partial charge in [0, 0.05) is 6.92 Å². The molecule has 0 bridgehead atoms. The van der Waals surface area contributed by atoms with E-state index >= 15 is 0 Å². The molecule has 2 N–H and O–H groups in total. The predicted molar refractivity (Wildman–Crippen MR) is 28.3 cm³/mol. The topological polar surface area (TPSA) is 58.9 Å². The van der Waals surface area contributed by atoms with Crippen LogP contribution in [0.4, 0.5) is 0 Å². The van der Waals surface area contributed by atoms with Crippen LogP contribution in [0.1, 0.15) is 13.8 Å². The molecule has 9 heavy (non-hydrogen) atoms. The first-order valence-electron chi connectivity index (χ1n) is 2.70. The molecule has 0 amide bonds. The van der Waals surface area contributed by atoms with Crippen molar-refractivity contribution < 1.29 is 19.7 Å². The third-order valence-corrected chi connectivity index (χ3v) is 1.02. The van der Waals surface area contributed by atoms with Crippen molar-refractivity contribution in [2.75, 3.05) is 6.61 Å². The molecule has 1 aliphatic rings. The van der Waals surface area contributed by atoms with Gasteiger partial charge in [0.05, 0.1) is 0 Å². The van der Waals surface area contributed by atoms with Gasteiger partial charge in [-0.2, -0.15) is 0 Å². The second-order valence-electron chi connectivity index (χ2n) is 2.46. The van der Waals surface area contributed by atoms with Crippen LogP contribution in [0.15, 0.2) is 0 Å². The molecule has 1 rings (SSSR count). The van der Waals surface area contributed by atoms with Crippen molar-refractivity contribution in [1.82, 2.24) is 0 Å². The van der Waals surface area contributed by atoms with Crippen LogP contribution in [0.3, 0.4) is 0 Å². The minimum atomic E-state index is -1.62. The van der Waals surface area contributed by atoms with Crippen molar-refractivity contribution in [1.29, 1.82) is 0 Å². The Bertz CT molecular complexity index is 104. The molecular weight excluding hydrogens is 124 g/mol. The zero-order chi connectivity index (χ0) is 7.12. The summed E-state index contributed by atoms with van der Waals surface area (Å²) in [5.41, 5.74) is 0. The fourth-order valence-corrected chi connectivity index (χ4v) is 0.735. The smallest absolute Gasteiger partial charge is 0.280 e. The number of aliphatic hydroxyl groups is 2. The van der Waals surface area contributed by atoms with Gasteiger partial charge in [-0.25, -0.2) is 0 Å². The Kier molecular flexibility index (Phi) is 1.29. The van der Waals surface area contributed by atoms with Gasteiger partial charge in [0.1, 0.15) is 6.61 Å². The largest absolute Gasteiger partial charge is 0.364 e. The lowest BCUT2D eigenvalue weighted by Crippen LogP contribution is -2.31. The Morgan fingerprint density at radius 2 is 1.89 bits per heavy atom. The van der Waals surface area contributed by atoms with Gasteiger partial charge in [-0.1, -0.05) is 0 Å². The van der Waals surface area contributed by atoms with E-state index in [9.17, 15) is 0 Å². The van der Waals surface area contributed by atoms with Gasteiger partial charge in [0.2, 0.25) is 0 Å². The molecule has 0 aromatic rings. The van der Waals surface area contributed by atoms with Crippen molar-refractivity contribution in [3.05, 3.63) is 0 Å². The molecule has 1 fully saturated rings. The van der Waals surface area contributed by atoms with E-state index < -0.39 is 11.8 Å². The van der Waals surface area contributed by atoms with E-state index in [-0.39, 0.29) is 6.61 Å². The van der Waals surface area contributed by atoms with E-state index in [2.05, 4.69) is 9.47 Å². The Labute approximate surface area is 53.0 Å². The van der Waals surface area contributed by atoms with E-state index in [1.54, 1.807) is 0 Å². The third-order valence-electron chi connectivity index (χ3n) is 1.02. The van der Waals surface area contributed by atoms with Crippen LogP contribution in [-0.2, 0) is 9.47 Å². The molecule has 4 nitrogen and oxygen atoms in total. The van der Waals surface area contributed by atoms with Crippen LogP contribution in [0.25, 0.3) is 0 Å². The third kappa shape index (κ3) is 1.62. The van der Waals surface area contributed by atoms with E-state index in [4.69, 9.17) is 10.2 Å². The molecule has 1 saturated heterocycles. The second kappa shape index (κ2) is 1.67. The first kappa shape index (κ1) is 6.95. The lowest BCUT2D eigenvalue weighted by Gasteiger charge is -2.17. The average Bonchev–Trinajstić information content (AvgIpc) is 1.78. The summed E-state index contributed by atoms with van der Waals surface area (Å²) in [5, 5.41) is 17.9. The summed E-state index contributed by atoms with van der Waals surface area (Å²) in [5.74, 6) is -2.97. The molecule has 2 unspecified atom stereocenters. The van der Waals surface area contributed by atoms with Crippen LogP contribution in [0, 0.1) is 0 Å². The van der Waals surface area contributed by atoms with Crippen LogP contribution in [0.2, 0.25) is 0 Å². The number of hydrogen-bond donors (Lipinski definition) is 2. The fourth-order valence-electron chi connectivity index (χ4n) is 0.735. The van der Waals surface area contributed by atoms with E-state index in [1.165, 1.54) is 13.8 Å². The monoisotopic (exact) mass is 134 g/mol. The summed E-state index contributed by atoms with van der Waals surface area (Å²) >= 11 is 0. The Balaban J connectivity index is 2.58. The van der Waals surface area contributed by atoms with Gasteiger partial charge < -0.3 is 14.9 Å². The lowest BCUT2D eigenvalue weighted by molar-refractivity contribution is -0.332. The number of rotatable bonds is 0. The molecule has 0 saturated carbocycles. The molecule has 1 heterocycles. The Morgan fingerprint density at radius 1 is 1.33 bits per heavy atom. The molecule has 54 valence electrons.